The largest absolute Gasteiger partial charge is 0.346 e. The zero-order chi connectivity index (χ0) is 13.1. The van der Waals surface area contributed by atoms with Crippen LogP contribution in [0, 0.1) is 6.57 Å². The van der Waals surface area contributed by atoms with Crippen molar-refractivity contribution in [3.05, 3.63) is 35.4 Å². The van der Waals surface area contributed by atoms with Gasteiger partial charge in [0.2, 0.25) is 5.69 Å². The minimum atomic E-state index is 0.548. The third kappa shape index (κ3) is 2.52. The fourth-order valence-corrected chi connectivity index (χ4v) is 1.87. The number of pyridine rings is 1. The lowest BCUT2D eigenvalue weighted by atomic mass is 10.1. The van der Waals surface area contributed by atoms with E-state index in [9.17, 15) is 0 Å². The first-order valence-electron chi connectivity index (χ1n) is 6.15. The van der Waals surface area contributed by atoms with Crippen LogP contribution in [-0.4, -0.2) is 34.5 Å². The van der Waals surface area contributed by atoms with Crippen LogP contribution < -0.4 is 0 Å². The molecule has 0 saturated heterocycles. The molecular weight excluding hydrogens is 224 g/mol. The smallest absolute Gasteiger partial charge is 0.205 e. The van der Waals surface area contributed by atoms with Crippen molar-refractivity contribution in [2.45, 2.75) is 26.3 Å². The summed E-state index contributed by atoms with van der Waals surface area (Å²) in [5.74, 6) is 0. The maximum Gasteiger partial charge on any atom is 0.205 e. The van der Waals surface area contributed by atoms with E-state index in [0.29, 0.717) is 11.7 Å². The highest BCUT2D eigenvalue weighted by Gasteiger charge is 2.08. The SMILES string of the molecule is [C-]#[N+]c1cnc2[nH]cc(CCN(C)C(C)C)c2c1. The van der Waals surface area contributed by atoms with Gasteiger partial charge in [-0.05, 0) is 38.9 Å². The van der Waals surface area contributed by atoms with Crippen molar-refractivity contribution in [2.75, 3.05) is 13.6 Å². The molecule has 2 rings (SSSR count). The van der Waals surface area contributed by atoms with Gasteiger partial charge >= 0.3 is 0 Å². The average molecular weight is 242 g/mol. The molecular formula is C14H18N4. The summed E-state index contributed by atoms with van der Waals surface area (Å²) >= 11 is 0. The van der Waals surface area contributed by atoms with Crippen molar-refractivity contribution < 1.29 is 0 Å². The van der Waals surface area contributed by atoms with Crippen LogP contribution in [0.15, 0.2) is 18.5 Å². The normalized spacial score (nSPS) is 11.3. The van der Waals surface area contributed by atoms with Gasteiger partial charge in [-0.2, -0.15) is 0 Å². The second-order valence-electron chi connectivity index (χ2n) is 4.84. The van der Waals surface area contributed by atoms with E-state index in [0.717, 1.165) is 24.0 Å². The fourth-order valence-electron chi connectivity index (χ4n) is 1.87. The molecule has 0 bridgehead atoms. The molecule has 0 atom stereocenters. The predicted octanol–water partition coefficient (Wildman–Crippen LogP) is 3.00. The molecule has 0 spiro atoms. The van der Waals surface area contributed by atoms with Gasteiger partial charge in [0, 0.05) is 30.4 Å². The Morgan fingerprint density at radius 1 is 1.50 bits per heavy atom. The van der Waals surface area contributed by atoms with Crippen LogP contribution in [0.3, 0.4) is 0 Å². The summed E-state index contributed by atoms with van der Waals surface area (Å²) in [5, 5.41) is 1.07. The first kappa shape index (κ1) is 12.6. The molecule has 1 N–H and O–H groups in total. The van der Waals surface area contributed by atoms with E-state index in [1.165, 1.54) is 5.56 Å². The molecule has 2 aromatic rings. The van der Waals surface area contributed by atoms with Crippen LogP contribution in [0.4, 0.5) is 5.69 Å². The number of aromatic nitrogens is 2. The first-order valence-corrected chi connectivity index (χ1v) is 6.15. The molecule has 0 unspecified atom stereocenters. The fraction of sp³-hybridized carbons (Fsp3) is 0.429. The number of aromatic amines is 1. The van der Waals surface area contributed by atoms with E-state index in [2.05, 4.69) is 40.6 Å². The number of rotatable bonds is 4. The van der Waals surface area contributed by atoms with Gasteiger partial charge in [0.05, 0.1) is 6.57 Å². The summed E-state index contributed by atoms with van der Waals surface area (Å²) in [4.78, 5) is 13.2. The number of hydrogen-bond acceptors (Lipinski definition) is 2. The highest BCUT2D eigenvalue weighted by Crippen LogP contribution is 2.22. The second-order valence-corrected chi connectivity index (χ2v) is 4.84. The van der Waals surface area contributed by atoms with Gasteiger partial charge < -0.3 is 9.88 Å². The van der Waals surface area contributed by atoms with Gasteiger partial charge in [0.25, 0.3) is 0 Å². The topological polar surface area (TPSA) is 36.3 Å². The van der Waals surface area contributed by atoms with Crippen molar-refractivity contribution in [3.63, 3.8) is 0 Å². The molecule has 0 aliphatic rings. The number of likely N-dealkylation sites (N-methyl/N-ethyl adjacent to an activating group) is 1. The van der Waals surface area contributed by atoms with E-state index in [1.807, 2.05) is 12.3 Å². The molecule has 0 fully saturated rings. The summed E-state index contributed by atoms with van der Waals surface area (Å²) in [6.07, 6.45) is 4.58. The average Bonchev–Trinajstić information content (AvgIpc) is 2.77. The monoisotopic (exact) mass is 242 g/mol. The van der Waals surface area contributed by atoms with Crippen molar-refractivity contribution in [1.82, 2.24) is 14.9 Å². The van der Waals surface area contributed by atoms with Gasteiger partial charge in [-0.25, -0.2) is 4.85 Å². The van der Waals surface area contributed by atoms with E-state index < -0.39 is 0 Å². The molecule has 2 aromatic heterocycles. The minimum Gasteiger partial charge on any atom is -0.346 e. The lowest BCUT2D eigenvalue weighted by molar-refractivity contribution is 0.278. The maximum atomic E-state index is 7.04. The van der Waals surface area contributed by atoms with E-state index in [-0.39, 0.29) is 0 Å². The van der Waals surface area contributed by atoms with Crippen molar-refractivity contribution >= 4 is 16.7 Å². The summed E-state index contributed by atoms with van der Waals surface area (Å²) in [6, 6.07) is 2.46. The highest BCUT2D eigenvalue weighted by atomic mass is 15.1. The predicted molar refractivity (Wildman–Crippen MR) is 73.8 cm³/mol. The van der Waals surface area contributed by atoms with Gasteiger partial charge in [0.1, 0.15) is 5.65 Å². The lowest BCUT2D eigenvalue weighted by Crippen LogP contribution is -2.28. The molecule has 0 aliphatic carbocycles. The molecule has 0 saturated carbocycles. The lowest BCUT2D eigenvalue weighted by Gasteiger charge is -2.20. The standard InChI is InChI=1S/C14H18N4/c1-10(2)18(4)6-5-11-8-16-14-13(11)7-12(15-3)9-17-14/h7-10H,5-6H2,1-2,4H3,(H,16,17). The van der Waals surface area contributed by atoms with Crippen molar-refractivity contribution in [2.24, 2.45) is 0 Å². The van der Waals surface area contributed by atoms with Crippen LogP contribution in [0.2, 0.25) is 0 Å². The van der Waals surface area contributed by atoms with Gasteiger partial charge in [-0.15, -0.1) is 0 Å². The number of H-pyrrole nitrogens is 1. The van der Waals surface area contributed by atoms with E-state index in [1.54, 1.807) is 6.20 Å². The zero-order valence-electron chi connectivity index (χ0n) is 11.1. The van der Waals surface area contributed by atoms with Crippen molar-refractivity contribution in [1.29, 1.82) is 0 Å². The van der Waals surface area contributed by atoms with E-state index >= 15 is 0 Å². The summed E-state index contributed by atoms with van der Waals surface area (Å²) < 4.78 is 0. The Bertz CT molecular complexity index is 577. The Hall–Kier alpha value is -1.86. The van der Waals surface area contributed by atoms with Crippen LogP contribution in [0.5, 0.6) is 0 Å². The Morgan fingerprint density at radius 3 is 2.94 bits per heavy atom. The summed E-state index contributed by atoms with van der Waals surface area (Å²) in [5.41, 5.74) is 2.70. The molecule has 18 heavy (non-hydrogen) atoms. The van der Waals surface area contributed by atoms with Crippen LogP contribution in [0.25, 0.3) is 15.9 Å². The second kappa shape index (κ2) is 5.19. The van der Waals surface area contributed by atoms with E-state index in [4.69, 9.17) is 6.57 Å². The molecule has 0 radical (unpaired) electrons. The van der Waals surface area contributed by atoms with Crippen LogP contribution >= 0.6 is 0 Å². The molecule has 0 aliphatic heterocycles. The maximum absolute atomic E-state index is 7.04. The summed E-state index contributed by atoms with van der Waals surface area (Å²) in [6.45, 7) is 12.4. The third-order valence-electron chi connectivity index (χ3n) is 3.35. The van der Waals surface area contributed by atoms with Gasteiger partial charge in [-0.1, -0.05) is 0 Å². The Balaban J connectivity index is 2.21. The molecule has 94 valence electrons. The summed E-state index contributed by atoms with van der Waals surface area (Å²) in [7, 11) is 2.13. The quantitative estimate of drug-likeness (QED) is 0.837. The molecule has 0 aromatic carbocycles. The number of fused-ring (bicyclic) bond motifs is 1. The Labute approximate surface area is 107 Å². The molecule has 4 nitrogen and oxygen atoms in total. The minimum absolute atomic E-state index is 0.548. The number of nitrogens with one attached hydrogen (secondary N) is 1. The Kier molecular flexibility index (Phi) is 3.63. The number of nitrogens with zero attached hydrogens (tertiary/aromatic N) is 3. The van der Waals surface area contributed by atoms with Gasteiger partial charge in [-0.3, -0.25) is 4.98 Å². The molecule has 0 amide bonds. The first-order chi connectivity index (χ1) is 8.61. The molecule has 2 heterocycles. The van der Waals surface area contributed by atoms with Crippen LogP contribution in [-0.2, 0) is 6.42 Å². The highest BCUT2D eigenvalue weighted by molar-refractivity contribution is 5.82. The van der Waals surface area contributed by atoms with Crippen molar-refractivity contribution in [3.8, 4) is 0 Å². The third-order valence-corrected chi connectivity index (χ3v) is 3.35. The van der Waals surface area contributed by atoms with Crippen LogP contribution in [0.1, 0.15) is 19.4 Å². The number of hydrogen-bond donors (Lipinski definition) is 1. The zero-order valence-corrected chi connectivity index (χ0v) is 11.1. The Morgan fingerprint density at radius 2 is 2.28 bits per heavy atom. The van der Waals surface area contributed by atoms with Gasteiger partial charge in [0.15, 0.2) is 0 Å². The molecule has 4 heteroatoms.